The molecule has 0 aliphatic carbocycles. The Labute approximate surface area is 90.8 Å². The van der Waals surface area contributed by atoms with Crippen molar-refractivity contribution in [3.05, 3.63) is 0 Å². The fourth-order valence-corrected chi connectivity index (χ4v) is 1.84. The molecule has 1 N–H and O–H groups in total. The van der Waals surface area contributed by atoms with Crippen molar-refractivity contribution in [2.45, 2.75) is 37.6 Å². The van der Waals surface area contributed by atoms with E-state index in [4.69, 9.17) is 11.6 Å². The zero-order valence-corrected chi connectivity index (χ0v) is 9.68. The Bertz CT molecular complexity index is 197. The van der Waals surface area contributed by atoms with E-state index in [1.807, 2.05) is 0 Å². The van der Waals surface area contributed by atoms with Crippen molar-refractivity contribution in [3.8, 4) is 0 Å². The SMILES string of the molecule is CC(Cl)C(=O)NCC1CCCCN1C. The van der Waals surface area contributed by atoms with Gasteiger partial charge in [-0.2, -0.15) is 0 Å². The van der Waals surface area contributed by atoms with Crippen LogP contribution in [-0.4, -0.2) is 42.4 Å². The average molecular weight is 219 g/mol. The van der Waals surface area contributed by atoms with Gasteiger partial charge in [0.1, 0.15) is 5.38 Å². The molecule has 0 spiro atoms. The topological polar surface area (TPSA) is 32.3 Å². The maximum absolute atomic E-state index is 11.2. The molecule has 1 aliphatic rings. The summed E-state index contributed by atoms with van der Waals surface area (Å²) in [5, 5.41) is 2.44. The van der Waals surface area contributed by atoms with E-state index in [-0.39, 0.29) is 5.91 Å². The summed E-state index contributed by atoms with van der Waals surface area (Å²) >= 11 is 5.66. The van der Waals surface area contributed by atoms with Gasteiger partial charge in [-0.05, 0) is 33.4 Å². The van der Waals surface area contributed by atoms with Crippen LogP contribution in [-0.2, 0) is 4.79 Å². The highest BCUT2D eigenvalue weighted by Gasteiger charge is 2.19. The molecule has 1 saturated heterocycles. The normalized spacial score (nSPS) is 25.8. The number of likely N-dealkylation sites (tertiary alicyclic amines) is 1. The number of alkyl halides is 1. The molecule has 1 heterocycles. The third-order valence-electron chi connectivity index (χ3n) is 2.79. The van der Waals surface area contributed by atoms with Crippen LogP contribution in [0.2, 0.25) is 0 Å². The van der Waals surface area contributed by atoms with E-state index >= 15 is 0 Å². The number of nitrogens with zero attached hydrogens (tertiary/aromatic N) is 1. The zero-order chi connectivity index (χ0) is 10.6. The molecule has 1 aliphatic heterocycles. The van der Waals surface area contributed by atoms with Gasteiger partial charge in [0.25, 0.3) is 0 Å². The molecular formula is C10H19ClN2O. The zero-order valence-electron chi connectivity index (χ0n) is 8.92. The van der Waals surface area contributed by atoms with Crippen molar-refractivity contribution in [2.75, 3.05) is 20.1 Å². The lowest BCUT2D eigenvalue weighted by Crippen LogP contribution is -2.45. The number of nitrogens with one attached hydrogen (secondary N) is 1. The molecule has 2 unspecified atom stereocenters. The number of likely N-dealkylation sites (N-methyl/N-ethyl adjacent to an activating group) is 1. The second kappa shape index (κ2) is 5.56. The summed E-state index contributed by atoms with van der Waals surface area (Å²) in [5.41, 5.74) is 0. The summed E-state index contributed by atoms with van der Waals surface area (Å²) in [6, 6.07) is 0.489. The summed E-state index contributed by atoms with van der Waals surface area (Å²) in [7, 11) is 2.11. The van der Waals surface area contributed by atoms with E-state index in [0.717, 1.165) is 13.1 Å². The lowest BCUT2D eigenvalue weighted by Gasteiger charge is -2.32. The van der Waals surface area contributed by atoms with Crippen molar-refractivity contribution in [1.29, 1.82) is 0 Å². The second-order valence-corrected chi connectivity index (χ2v) is 4.65. The fraction of sp³-hybridized carbons (Fsp3) is 0.900. The minimum absolute atomic E-state index is 0.0642. The van der Waals surface area contributed by atoms with Crippen LogP contribution >= 0.6 is 11.6 Å². The van der Waals surface area contributed by atoms with Gasteiger partial charge in [0.15, 0.2) is 0 Å². The smallest absolute Gasteiger partial charge is 0.237 e. The van der Waals surface area contributed by atoms with E-state index in [1.54, 1.807) is 6.92 Å². The molecule has 0 aromatic heterocycles. The maximum Gasteiger partial charge on any atom is 0.237 e. The van der Waals surface area contributed by atoms with Crippen LogP contribution in [0.3, 0.4) is 0 Å². The molecule has 0 saturated carbocycles. The van der Waals surface area contributed by atoms with E-state index in [2.05, 4.69) is 17.3 Å². The van der Waals surface area contributed by atoms with Crippen molar-refractivity contribution in [3.63, 3.8) is 0 Å². The molecule has 1 fully saturated rings. The molecule has 0 radical (unpaired) electrons. The van der Waals surface area contributed by atoms with Gasteiger partial charge in [0, 0.05) is 12.6 Å². The first-order valence-electron chi connectivity index (χ1n) is 5.23. The molecule has 2 atom stereocenters. The van der Waals surface area contributed by atoms with Gasteiger partial charge in [-0.3, -0.25) is 4.79 Å². The average Bonchev–Trinajstić information content (AvgIpc) is 2.16. The molecule has 1 rings (SSSR count). The van der Waals surface area contributed by atoms with Crippen LogP contribution in [0.4, 0.5) is 0 Å². The summed E-state index contributed by atoms with van der Waals surface area (Å²) < 4.78 is 0. The Morgan fingerprint density at radius 2 is 2.36 bits per heavy atom. The Balaban J connectivity index is 2.26. The number of halogens is 1. The van der Waals surface area contributed by atoms with Gasteiger partial charge in [0.05, 0.1) is 0 Å². The largest absolute Gasteiger partial charge is 0.353 e. The van der Waals surface area contributed by atoms with E-state index in [1.165, 1.54) is 19.3 Å². The highest BCUT2D eigenvalue weighted by atomic mass is 35.5. The number of carbonyl (C=O) groups excluding carboxylic acids is 1. The highest BCUT2D eigenvalue weighted by molar-refractivity contribution is 6.30. The van der Waals surface area contributed by atoms with Crippen molar-refractivity contribution >= 4 is 17.5 Å². The number of piperidine rings is 1. The predicted molar refractivity (Wildman–Crippen MR) is 58.6 cm³/mol. The molecule has 14 heavy (non-hydrogen) atoms. The van der Waals surface area contributed by atoms with Crippen LogP contribution in [0, 0.1) is 0 Å². The second-order valence-electron chi connectivity index (χ2n) is 3.99. The summed E-state index contributed by atoms with van der Waals surface area (Å²) in [6.07, 6.45) is 3.71. The minimum Gasteiger partial charge on any atom is -0.353 e. The Hall–Kier alpha value is -0.280. The van der Waals surface area contributed by atoms with Crippen molar-refractivity contribution < 1.29 is 4.79 Å². The summed E-state index contributed by atoms with van der Waals surface area (Å²) in [6.45, 7) is 3.56. The standard InChI is InChI=1S/C10H19ClN2O/c1-8(11)10(14)12-7-9-5-3-4-6-13(9)2/h8-9H,3-7H2,1-2H3,(H,12,14). The van der Waals surface area contributed by atoms with E-state index in [0.29, 0.717) is 6.04 Å². The number of carbonyl (C=O) groups is 1. The predicted octanol–water partition coefficient (Wildman–Crippen LogP) is 1.21. The van der Waals surface area contributed by atoms with E-state index in [9.17, 15) is 4.79 Å². The summed E-state index contributed by atoms with van der Waals surface area (Å²) in [5.74, 6) is -0.0642. The molecule has 4 heteroatoms. The first-order valence-corrected chi connectivity index (χ1v) is 5.67. The number of amides is 1. The molecule has 82 valence electrons. The van der Waals surface area contributed by atoms with Gasteiger partial charge >= 0.3 is 0 Å². The summed E-state index contributed by atoms with van der Waals surface area (Å²) in [4.78, 5) is 13.5. The molecule has 1 amide bonds. The quantitative estimate of drug-likeness (QED) is 0.723. The third kappa shape index (κ3) is 3.46. The highest BCUT2D eigenvalue weighted by Crippen LogP contribution is 2.13. The van der Waals surface area contributed by atoms with Gasteiger partial charge in [-0.25, -0.2) is 0 Å². The molecule has 0 aromatic rings. The maximum atomic E-state index is 11.2. The number of rotatable bonds is 3. The Kier molecular flexibility index (Phi) is 4.69. The monoisotopic (exact) mass is 218 g/mol. The van der Waals surface area contributed by atoms with Crippen molar-refractivity contribution in [2.24, 2.45) is 0 Å². The van der Waals surface area contributed by atoms with Gasteiger partial charge < -0.3 is 10.2 Å². The fourth-order valence-electron chi connectivity index (χ4n) is 1.76. The van der Waals surface area contributed by atoms with Gasteiger partial charge in [-0.1, -0.05) is 6.42 Å². The minimum atomic E-state index is -0.427. The first-order chi connectivity index (χ1) is 6.61. The van der Waals surface area contributed by atoms with Crippen LogP contribution in [0.25, 0.3) is 0 Å². The Morgan fingerprint density at radius 1 is 1.64 bits per heavy atom. The molecule has 0 aromatic carbocycles. The van der Waals surface area contributed by atoms with Crippen molar-refractivity contribution in [1.82, 2.24) is 10.2 Å². The van der Waals surface area contributed by atoms with Crippen LogP contribution in [0.1, 0.15) is 26.2 Å². The lowest BCUT2D eigenvalue weighted by molar-refractivity contribution is -0.120. The first kappa shape index (κ1) is 11.8. The van der Waals surface area contributed by atoms with Gasteiger partial charge in [0.2, 0.25) is 5.91 Å². The van der Waals surface area contributed by atoms with E-state index < -0.39 is 5.38 Å². The third-order valence-corrected chi connectivity index (χ3v) is 2.99. The van der Waals surface area contributed by atoms with Gasteiger partial charge in [-0.15, -0.1) is 11.6 Å². The number of hydrogen-bond donors (Lipinski definition) is 1. The Morgan fingerprint density at radius 3 is 2.93 bits per heavy atom. The molecule has 0 bridgehead atoms. The molecular weight excluding hydrogens is 200 g/mol. The van der Waals surface area contributed by atoms with Crippen LogP contribution in [0.15, 0.2) is 0 Å². The van der Waals surface area contributed by atoms with Crippen LogP contribution in [0.5, 0.6) is 0 Å². The lowest BCUT2D eigenvalue weighted by atomic mass is 10.0. The molecule has 3 nitrogen and oxygen atoms in total. The number of hydrogen-bond acceptors (Lipinski definition) is 2. The van der Waals surface area contributed by atoms with Crippen LogP contribution < -0.4 is 5.32 Å².